The zero-order valence-electron chi connectivity index (χ0n) is 7.56. The molecule has 1 aromatic rings. The number of ether oxygens (including phenoxy) is 2. The van der Waals surface area contributed by atoms with E-state index in [1.54, 1.807) is 6.33 Å². The molecular weight excluding hydrogens is 168 g/mol. The van der Waals surface area contributed by atoms with E-state index in [9.17, 15) is 0 Å². The van der Waals surface area contributed by atoms with Gasteiger partial charge in [-0.1, -0.05) is 0 Å². The molecule has 1 unspecified atom stereocenters. The van der Waals surface area contributed by atoms with Crippen LogP contribution in [0.2, 0.25) is 0 Å². The fraction of sp³-hybridized carbons (Fsp3) is 0.556. The number of aromatic nitrogens is 2. The summed E-state index contributed by atoms with van der Waals surface area (Å²) in [5, 5.41) is 0. The van der Waals surface area contributed by atoms with Gasteiger partial charge in [-0.15, -0.1) is 0 Å². The van der Waals surface area contributed by atoms with Crippen molar-refractivity contribution in [2.24, 2.45) is 0 Å². The van der Waals surface area contributed by atoms with E-state index in [4.69, 9.17) is 9.47 Å². The minimum Gasteiger partial charge on any atom is -0.376 e. The Morgan fingerprint density at radius 2 is 2.31 bits per heavy atom. The zero-order valence-corrected chi connectivity index (χ0v) is 7.56. The third-order valence-corrected chi connectivity index (χ3v) is 1.97. The maximum absolute atomic E-state index is 5.50. The summed E-state index contributed by atoms with van der Waals surface area (Å²) in [7, 11) is 0. The highest BCUT2D eigenvalue weighted by Gasteiger charge is 2.17. The van der Waals surface area contributed by atoms with E-state index in [2.05, 4.69) is 9.97 Å². The van der Waals surface area contributed by atoms with Gasteiger partial charge in [-0.25, -0.2) is 9.97 Å². The SMILES string of the molecule is Cc1cc(C2COCCO2)ncn1. The van der Waals surface area contributed by atoms with Gasteiger partial charge in [0.25, 0.3) is 0 Å². The standard InChI is InChI=1S/C9H12N2O2/c1-7-4-8(11-6-10-7)9-5-12-2-3-13-9/h4,6,9H,2-3,5H2,1H3. The topological polar surface area (TPSA) is 44.2 Å². The maximum atomic E-state index is 5.50. The summed E-state index contributed by atoms with van der Waals surface area (Å²) in [5.74, 6) is 0. The molecule has 1 aliphatic rings. The summed E-state index contributed by atoms with van der Waals surface area (Å²) < 4.78 is 10.8. The van der Waals surface area contributed by atoms with Crippen molar-refractivity contribution >= 4 is 0 Å². The highest BCUT2D eigenvalue weighted by molar-refractivity contribution is 5.09. The third-order valence-electron chi connectivity index (χ3n) is 1.97. The largest absolute Gasteiger partial charge is 0.376 e. The molecule has 0 N–H and O–H groups in total. The van der Waals surface area contributed by atoms with Crippen molar-refractivity contribution in [2.45, 2.75) is 13.0 Å². The van der Waals surface area contributed by atoms with Gasteiger partial charge in [-0.3, -0.25) is 0 Å². The van der Waals surface area contributed by atoms with E-state index in [-0.39, 0.29) is 6.10 Å². The molecule has 0 radical (unpaired) electrons. The summed E-state index contributed by atoms with van der Waals surface area (Å²) in [6.07, 6.45) is 1.54. The first-order valence-corrected chi connectivity index (χ1v) is 4.34. The van der Waals surface area contributed by atoms with E-state index in [0.29, 0.717) is 19.8 Å². The van der Waals surface area contributed by atoms with Gasteiger partial charge in [0.1, 0.15) is 12.4 Å². The highest BCUT2D eigenvalue weighted by Crippen LogP contribution is 2.18. The first-order valence-electron chi connectivity index (χ1n) is 4.34. The van der Waals surface area contributed by atoms with Crippen LogP contribution in [-0.2, 0) is 9.47 Å². The molecule has 4 heteroatoms. The van der Waals surface area contributed by atoms with Crippen molar-refractivity contribution in [1.82, 2.24) is 9.97 Å². The lowest BCUT2D eigenvalue weighted by Gasteiger charge is -2.22. The van der Waals surface area contributed by atoms with Crippen LogP contribution >= 0.6 is 0 Å². The monoisotopic (exact) mass is 180 g/mol. The van der Waals surface area contributed by atoms with Gasteiger partial charge in [0, 0.05) is 5.69 Å². The van der Waals surface area contributed by atoms with E-state index in [1.165, 1.54) is 0 Å². The number of hydrogen-bond acceptors (Lipinski definition) is 4. The molecule has 2 heterocycles. The molecule has 0 aromatic carbocycles. The van der Waals surface area contributed by atoms with Crippen LogP contribution in [0, 0.1) is 6.92 Å². The molecule has 0 amide bonds. The van der Waals surface area contributed by atoms with Crippen molar-refractivity contribution in [2.75, 3.05) is 19.8 Å². The van der Waals surface area contributed by atoms with Crippen molar-refractivity contribution < 1.29 is 9.47 Å². The normalized spacial score (nSPS) is 23.0. The lowest BCUT2D eigenvalue weighted by Crippen LogP contribution is -2.22. The van der Waals surface area contributed by atoms with Gasteiger partial charge in [-0.2, -0.15) is 0 Å². The average Bonchev–Trinajstić information content (AvgIpc) is 2.19. The first-order chi connectivity index (χ1) is 6.36. The number of nitrogens with zero attached hydrogens (tertiary/aromatic N) is 2. The quantitative estimate of drug-likeness (QED) is 0.643. The molecule has 0 saturated carbocycles. The summed E-state index contributed by atoms with van der Waals surface area (Å²) in [6, 6.07) is 1.93. The first kappa shape index (κ1) is 8.59. The summed E-state index contributed by atoms with van der Waals surface area (Å²) in [6.45, 7) is 3.86. The van der Waals surface area contributed by atoms with Crippen LogP contribution in [0.25, 0.3) is 0 Å². The summed E-state index contributed by atoms with van der Waals surface area (Å²) in [5.41, 5.74) is 1.87. The minimum absolute atomic E-state index is 0.0181. The molecule has 1 saturated heterocycles. The Bertz CT molecular complexity index is 285. The fourth-order valence-corrected chi connectivity index (χ4v) is 1.31. The maximum Gasteiger partial charge on any atom is 0.123 e. The molecule has 4 nitrogen and oxygen atoms in total. The van der Waals surface area contributed by atoms with Crippen molar-refractivity contribution in [3.05, 3.63) is 23.8 Å². The van der Waals surface area contributed by atoms with E-state index >= 15 is 0 Å². The number of hydrogen-bond donors (Lipinski definition) is 0. The molecule has 0 spiro atoms. The van der Waals surface area contributed by atoms with E-state index in [1.807, 2.05) is 13.0 Å². The Kier molecular flexibility index (Phi) is 2.52. The van der Waals surface area contributed by atoms with Gasteiger partial charge in [-0.05, 0) is 13.0 Å². The Morgan fingerprint density at radius 1 is 1.38 bits per heavy atom. The molecule has 70 valence electrons. The highest BCUT2D eigenvalue weighted by atomic mass is 16.6. The van der Waals surface area contributed by atoms with Crippen LogP contribution in [0.5, 0.6) is 0 Å². The Hall–Kier alpha value is -1.00. The second-order valence-electron chi connectivity index (χ2n) is 3.02. The molecule has 1 aromatic heterocycles. The Morgan fingerprint density at radius 3 is 3.00 bits per heavy atom. The Labute approximate surface area is 76.9 Å². The zero-order chi connectivity index (χ0) is 9.10. The molecule has 1 atom stereocenters. The minimum atomic E-state index is -0.0181. The van der Waals surface area contributed by atoms with Gasteiger partial charge in [0.05, 0.1) is 25.5 Å². The summed E-state index contributed by atoms with van der Waals surface area (Å²) in [4.78, 5) is 8.17. The smallest absolute Gasteiger partial charge is 0.123 e. The van der Waals surface area contributed by atoms with Crippen LogP contribution in [0.1, 0.15) is 17.5 Å². The third kappa shape index (κ3) is 2.02. The van der Waals surface area contributed by atoms with Crippen LogP contribution < -0.4 is 0 Å². The van der Waals surface area contributed by atoms with Gasteiger partial charge in [0.15, 0.2) is 0 Å². The van der Waals surface area contributed by atoms with E-state index in [0.717, 1.165) is 11.4 Å². The molecule has 13 heavy (non-hydrogen) atoms. The fourth-order valence-electron chi connectivity index (χ4n) is 1.31. The lowest BCUT2D eigenvalue weighted by atomic mass is 10.2. The van der Waals surface area contributed by atoms with Crippen LogP contribution in [-0.4, -0.2) is 29.8 Å². The van der Waals surface area contributed by atoms with Gasteiger partial charge >= 0.3 is 0 Å². The van der Waals surface area contributed by atoms with Gasteiger partial charge < -0.3 is 9.47 Å². The molecule has 1 aliphatic heterocycles. The summed E-state index contributed by atoms with van der Waals surface area (Å²) >= 11 is 0. The number of rotatable bonds is 1. The predicted octanol–water partition coefficient (Wildman–Crippen LogP) is 0.873. The van der Waals surface area contributed by atoms with Crippen LogP contribution in [0.4, 0.5) is 0 Å². The Balaban J connectivity index is 2.14. The second-order valence-corrected chi connectivity index (χ2v) is 3.02. The second kappa shape index (κ2) is 3.81. The molecule has 0 bridgehead atoms. The van der Waals surface area contributed by atoms with Crippen LogP contribution in [0.15, 0.2) is 12.4 Å². The molecule has 0 aliphatic carbocycles. The number of aryl methyl sites for hydroxylation is 1. The average molecular weight is 180 g/mol. The van der Waals surface area contributed by atoms with Crippen molar-refractivity contribution in [3.8, 4) is 0 Å². The van der Waals surface area contributed by atoms with Crippen LogP contribution in [0.3, 0.4) is 0 Å². The molecule has 2 rings (SSSR count). The van der Waals surface area contributed by atoms with Crippen molar-refractivity contribution in [3.63, 3.8) is 0 Å². The molecule has 1 fully saturated rings. The van der Waals surface area contributed by atoms with Gasteiger partial charge in [0.2, 0.25) is 0 Å². The molecular formula is C9H12N2O2. The van der Waals surface area contributed by atoms with Crippen molar-refractivity contribution in [1.29, 1.82) is 0 Å². The lowest BCUT2D eigenvalue weighted by molar-refractivity contribution is -0.0918. The van der Waals surface area contributed by atoms with E-state index < -0.39 is 0 Å². The predicted molar refractivity (Wildman–Crippen MR) is 46.3 cm³/mol.